The molecule has 7 heteroatoms. The Kier molecular flexibility index (Phi) is 9.99. The first kappa shape index (κ1) is 26.1. The number of hydrogen-bond donors (Lipinski definition) is 1. The SMILES string of the molecule is CCOc1cc(/C=N\NC(=O)CCCc2ccc(OC)cc2C)ccc1OCc1ccccc1Cl. The van der Waals surface area contributed by atoms with E-state index in [1.165, 1.54) is 5.56 Å². The minimum atomic E-state index is -0.128. The van der Waals surface area contributed by atoms with Crippen molar-refractivity contribution in [3.63, 3.8) is 0 Å². The van der Waals surface area contributed by atoms with Gasteiger partial charge < -0.3 is 14.2 Å². The van der Waals surface area contributed by atoms with Crippen LogP contribution in [0.15, 0.2) is 65.8 Å². The molecule has 0 fully saturated rings. The summed E-state index contributed by atoms with van der Waals surface area (Å²) >= 11 is 6.21. The van der Waals surface area contributed by atoms with Gasteiger partial charge in [-0.05, 0) is 79.8 Å². The summed E-state index contributed by atoms with van der Waals surface area (Å²) in [6, 6.07) is 19.0. The lowest BCUT2D eigenvalue weighted by Crippen LogP contribution is -2.17. The Morgan fingerprint density at radius 2 is 1.86 bits per heavy atom. The number of halogens is 1. The quantitative estimate of drug-likeness (QED) is 0.244. The fourth-order valence-electron chi connectivity index (χ4n) is 3.51. The first-order chi connectivity index (χ1) is 17.0. The van der Waals surface area contributed by atoms with Crippen molar-refractivity contribution in [2.24, 2.45) is 5.10 Å². The van der Waals surface area contributed by atoms with Crippen molar-refractivity contribution in [2.45, 2.75) is 39.7 Å². The lowest BCUT2D eigenvalue weighted by atomic mass is 10.0. The Labute approximate surface area is 211 Å². The summed E-state index contributed by atoms with van der Waals surface area (Å²) in [5.74, 6) is 1.93. The number of amides is 1. The van der Waals surface area contributed by atoms with Crippen molar-refractivity contribution in [3.05, 3.63) is 87.9 Å². The summed E-state index contributed by atoms with van der Waals surface area (Å²) in [5.41, 5.74) is 6.64. The third-order valence-electron chi connectivity index (χ3n) is 5.41. The molecular weight excluding hydrogens is 464 g/mol. The molecule has 0 spiro atoms. The number of ether oxygens (including phenoxy) is 3. The molecule has 0 heterocycles. The van der Waals surface area contributed by atoms with Crippen LogP contribution in [0.5, 0.6) is 17.2 Å². The largest absolute Gasteiger partial charge is 0.497 e. The summed E-state index contributed by atoms with van der Waals surface area (Å²) in [5, 5.41) is 4.75. The third-order valence-corrected chi connectivity index (χ3v) is 5.78. The van der Waals surface area contributed by atoms with Crippen molar-refractivity contribution in [1.29, 1.82) is 0 Å². The normalized spacial score (nSPS) is 10.9. The number of nitrogens with one attached hydrogen (secondary N) is 1. The second-order valence-corrected chi connectivity index (χ2v) is 8.37. The van der Waals surface area contributed by atoms with Gasteiger partial charge in [0.1, 0.15) is 12.4 Å². The number of nitrogens with zero attached hydrogens (tertiary/aromatic N) is 1. The predicted octanol–water partition coefficient (Wildman–Crippen LogP) is 6.11. The summed E-state index contributed by atoms with van der Waals surface area (Å²) in [6.07, 6.45) is 3.54. The van der Waals surface area contributed by atoms with Crippen molar-refractivity contribution in [1.82, 2.24) is 5.43 Å². The molecule has 0 unspecified atom stereocenters. The highest BCUT2D eigenvalue weighted by Crippen LogP contribution is 2.29. The third kappa shape index (κ3) is 8.04. The van der Waals surface area contributed by atoms with E-state index in [0.29, 0.717) is 36.2 Å². The van der Waals surface area contributed by atoms with Crippen LogP contribution in [0, 0.1) is 6.92 Å². The van der Waals surface area contributed by atoms with Gasteiger partial charge in [-0.1, -0.05) is 35.9 Å². The molecule has 3 aromatic carbocycles. The molecule has 0 saturated heterocycles. The van der Waals surface area contributed by atoms with Crippen molar-refractivity contribution < 1.29 is 19.0 Å². The predicted molar refractivity (Wildman–Crippen MR) is 140 cm³/mol. The molecule has 3 rings (SSSR count). The maximum Gasteiger partial charge on any atom is 0.240 e. The molecule has 0 saturated carbocycles. The molecule has 35 heavy (non-hydrogen) atoms. The van der Waals surface area contributed by atoms with Crippen molar-refractivity contribution in [3.8, 4) is 17.2 Å². The number of rotatable bonds is 12. The number of hydrogen-bond acceptors (Lipinski definition) is 5. The molecule has 184 valence electrons. The van der Waals surface area contributed by atoms with Crippen LogP contribution in [-0.2, 0) is 17.8 Å². The van der Waals surface area contributed by atoms with Crippen LogP contribution >= 0.6 is 11.6 Å². The van der Waals surface area contributed by atoms with Crippen LogP contribution in [0.4, 0.5) is 0 Å². The molecule has 0 aliphatic carbocycles. The van der Waals surface area contributed by atoms with Crippen molar-refractivity contribution in [2.75, 3.05) is 13.7 Å². The lowest BCUT2D eigenvalue weighted by Gasteiger charge is -2.13. The Hall–Kier alpha value is -3.51. The maximum atomic E-state index is 12.2. The summed E-state index contributed by atoms with van der Waals surface area (Å²) in [6.45, 7) is 4.78. The minimum Gasteiger partial charge on any atom is -0.497 e. The van der Waals surface area contributed by atoms with Gasteiger partial charge >= 0.3 is 0 Å². The zero-order valence-electron chi connectivity index (χ0n) is 20.3. The smallest absolute Gasteiger partial charge is 0.240 e. The molecule has 1 amide bonds. The van der Waals surface area contributed by atoms with E-state index in [2.05, 4.69) is 10.5 Å². The van der Waals surface area contributed by atoms with E-state index < -0.39 is 0 Å². The van der Waals surface area contributed by atoms with Crippen LogP contribution in [0.3, 0.4) is 0 Å². The topological polar surface area (TPSA) is 69.2 Å². The number of aryl methyl sites for hydroxylation is 2. The molecular formula is C28H31ClN2O4. The molecule has 0 bridgehead atoms. The molecule has 0 aliphatic heterocycles. The van der Waals surface area contributed by atoms with Gasteiger partial charge in [-0.3, -0.25) is 4.79 Å². The summed E-state index contributed by atoms with van der Waals surface area (Å²) in [4.78, 5) is 12.2. The highest BCUT2D eigenvalue weighted by molar-refractivity contribution is 6.31. The zero-order valence-corrected chi connectivity index (χ0v) is 21.1. The first-order valence-corrected chi connectivity index (χ1v) is 12.0. The van der Waals surface area contributed by atoms with Gasteiger partial charge in [0.25, 0.3) is 0 Å². The molecule has 6 nitrogen and oxygen atoms in total. The molecule has 3 aromatic rings. The van der Waals surface area contributed by atoms with E-state index in [9.17, 15) is 4.79 Å². The first-order valence-electron chi connectivity index (χ1n) is 11.6. The number of hydrazone groups is 1. The van der Waals surface area contributed by atoms with E-state index in [1.54, 1.807) is 13.3 Å². The van der Waals surface area contributed by atoms with Gasteiger partial charge in [-0.2, -0.15) is 5.10 Å². The summed E-state index contributed by atoms with van der Waals surface area (Å²) in [7, 11) is 1.65. The number of benzene rings is 3. The number of carbonyl (C=O) groups is 1. The monoisotopic (exact) mass is 494 g/mol. The van der Waals surface area contributed by atoms with Crippen molar-refractivity contribution >= 4 is 23.7 Å². The van der Waals surface area contributed by atoms with Gasteiger partial charge in [-0.25, -0.2) is 5.43 Å². The highest BCUT2D eigenvalue weighted by atomic mass is 35.5. The zero-order chi connectivity index (χ0) is 25.0. The van der Waals surface area contributed by atoms with Gasteiger partial charge in [0.2, 0.25) is 5.91 Å². The average Bonchev–Trinajstić information content (AvgIpc) is 2.85. The van der Waals surface area contributed by atoms with Crippen LogP contribution < -0.4 is 19.6 Å². The molecule has 0 radical (unpaired) electrons. The Morgan fingerprint density at radius 1 is 1.03 bits per heavy atom. The van der Waals surface area contributed by atoms with Gasteiger partial charge in [0.05, 0.1) is 19.9 Å². The van der Waals surface area contributed by atoms with E-state index in [4.69, 9.17) is 25.8 Å². The molecule has 0 aliphatic rings. The highest BCUT2D eigenvalue weighted by Gasteiger charge is 2.08. The standard InChI is InChI=1S/C28H31ClN2O4/c1-4-34-27-17-21(12-15-26(27)35-19-23-8-5-6-10-25(23)29)18-30-31-28(32)11-7-9-22-13-14-24(33-3)16-20(22)2/h5-6,8,10,12-18H,4,7,9,11,19H2,1-3H3,(H,31,32)/b30-18-. The summed E-state index contributed by atoms with van der Waals surface area (Å²) < 4.78 is 16.9. The van der Waals surface area contributed by atoms with E-state index >= 15 is 0 Å². The van der Waals surface area contributed by atoms with E-state index in [1.807, 2.05) is 74.5 Å². The number of methoxy groups -OCH3 is 1. The fraction of sp³-hybridized carbons (Fsp3) is 0.286. The molecule has 0 aromatic heterocycles. The molecule has 1 N–H and O–H groups in total. The lowest BCUT2D eigenvalue weighted by molar-refractivity contribution is -0.121. The number of carbonyl (C=O) groups excluding carboxylic acids is 1. The second kappa shape index (κ2) is 13.4. The molecule has 0 atom stereocenters. The van der Waals surface area contributed by atoms with Gasteiger partial charge in [0, 0.05) is 17.0 Å². The van der Waals surface area contributed by atoms with E-state index in [-0.39, 0.29) is 5.91 Å². The maximum absolute atomic E-state index is 12.2. The van der Waals surface area contributed by atoms with Crippen LogP contribution in [0.1, 0.15) is 42.0 Å². The second-order valence-electron chi connectivity index (χ2n) is 7.96. The van der Waals surface area contributed by atoms with E-state index in [0.717, 1.165) is 35.3 Å². The average molecular weight is 495 g/mol. The minimum absolute atomic E-state index is 0.128. The Bertz CT molecular complexity index is 1160. The van der Waals surface area contributed by atoms with Crippen LogP contribution in [0.25, 0.3) is 0 Å². The van der Waals surface area contributed by atoms with Crippen LogP contribution in [0.2, 0.25) is 5.02 Å². The Morgan fingerprint density at radius 3 is 2.60 bits per heavy atom. The van der Waals surface area contributed by atoms with Gasteiger partial charge in [0.15, 0.2) is 11.5 Å². The Balaban J connectivity index is 1.50. The van der Waals surface area contributed by atoms with Crippen LogP contribution in [-0.4, -0.2) is 25.8 Å². The fourth-order valence-corrected chi connectivity index (χ4v) is 3.70. The van der Waals surface area contributed by atoms with Gasteiger partial charge in [-0.15, -0.1) is 0 Å².